The lowest BCUT2D eigenvalue weighted by Gasteiger charge is -1.95. The van der Waals surface area contributed by atoms with E-state index in [1.807, 2.05) is 0 Å². The van der Waals surface area contributed by atoms with Gasteiger partial charge in [0.05, 0.1) is 11.1 Å². The van der Waals surface area contributed by atoms with Crippen molar-refractivity contribution in [2.24, 2.45) is 0 Å². The molecule has 3 nitrogen and oxygen atoms in total. The number of cyclic esters (lactones) is 2. The van der Waals surface area contributed by atoms with Crippen LogP contribution >= 0.6 is 15.9 Å². The molecule has 0 amide bonds. The second kappa shape index (κ2) is 2.96. The molecule has 0 spiro atoms. The molecule has 0 saturated carbocycles. The van der Waals surface area contributed by atoms with Crippen molar-refractivity contribution in [1.82, 2.24) is 0 Å². The summed E-state index contributed by atoms with van der Waals surface area (Å²) in [5.41, 5.74) is 1.67. The molecule has 0 aliphatic carbocycles. The molecule has 1 heterocycles. The first-order valence-electron chi connectivity index (χ1n) is 3.68. The van der Waals surface area contributed by atoms with Crippen LogP contribution in [0.5, 0.6) is 0 Å². The fraction of sp³-hybridized carbons (Fsp3) is 0.111. The van der Waals surface area contributed by atoms with Gasteiger partial charge >= 0.3 is 11.9 Å². The van der Waals surface area contributed by atoms with Gasteiger partial charge in [-0.2, -0.15) is 0 Å². The lowest BCUT2D eigenvalue weighted by Crippen LogP contribution is -1.96. The van der Waals surface area contributed by atoms with E-state index in [9.17, 15) is 9.59 Å². The van der Waals surface area contributed by atoms with E-state index >= 15 is 0 Å². The van der Waals surface area contributed by atoms with Crippen molar-refractivity contribution in [3.63, 3.8) is 0 Å². The third-order valence-corrected chi connectivity index (χ3v) is 2.51. The number of ether oxygens (including phenoxy) is 1. The molecule has 13 heavy (non-hydrogen) atoms. The van der Waals surface area contributed by atoms with Gasteiger partial charge in [0.1, 0.15) is 0 Å². The highest BCUT2D eigenvalue weighted by molar-refractivity contribution is 9.08. The fourth-order valence-corrected chi connectivity index (χ4v) is 1.56. The Hall–Kier alpha value is -1.16. The summed E-state index contributed by atoms with van der Waals surface area (Å²) in [6.07, 6.45) is 0. The minimum Gasteiger partial charge on any atom is -0.386 e. The third-order valence-electron chi connectivity index (χ3n) is 1.86. The molecule has 66 valence electrons. The number of hydrogen-bond acceptors (Lipinski definition) is 3. The van der Waals surface area contributed by atoms with E-state index in [4.69, 9.17) is 0 Å². The summed E-state index contributed by atoms with van der Waals surface area (Å²) in [4.78, 5) is 22.1. The van der Waals surface area contributed by atoms with Gasteiger partial charge in [0.15, 0.2) is 0 Å². The number of benzene rings is 1. The van der Waals surface area contributed by atoms with Crippen LogP contribution in [0.25, 0.3) is 0 Å². The second-order valence-electron chi connectivity index (χ2n) is 2.69. The highest BCUT2D eigenvalue weighted by Crippen LogP contribution is 2.21. The fourth-order valence-electron chi connectivity index (χ4n) is 1.22. The molecule has 0 bridgehead atoms. The first kappa shape index (κ1) is 8.44. The van der Waals surface area contributed by atoms with E-state index < -0.39 is 11.9 Å². The van der Waals surface area contributed by atoms with Crippen molar-refractivity contribution in [2.75, 3.05) is 0 Å². The van der Waals surface area contributed by atoms with Crippen LogP contribution in [0.2, 0.25) is 0 Å². The molecule has 0 unspecified atom stereocenters. The number of carbonyl (C=O) groups excluding carboxylic acids is 2. The molecule has 0 fully saturated rings. The van der Waals surface area contributed by atoms with Crippen molar-refractivity contribution < 1.29 is 14.3 Å². The number of alkyl halides is 1. The predicted octanol–water partition coefficient (Wildman–Crippen LogP) is 1.89. The van der Waals surface area contributed by atoms with Gasteiger partial charge in [-0.15, -0.1) is 0 Å². The maximum atomic E-state index is 11.1. The smallest absolute Gasteiger partial charge is 0.346 e. The molecule has 0 atom stereocenters. The molecule has 2 rings (SSSR count). The van der Waals surface area contributed by atoms with Gasteiger partial charge in [0.25, 0.3) is 0 Å². The first-order valence-corrected chi connectivity index (χ1v) is 4.80. The Bertz CT molecular complexity index is 398. The SMILES string of the molecule is O=C1OC(=O)c2cc(CBr)ccc21. The van der Waals surface area contributed by atoms with Gasteiger partial charge in [-0.3, -0.25) is 0 Å². The summed E-state index contributed by atoms with van der Waals surface area (Å²) in [5.74, 6) is -1.11. The van der Waals surface area contributed by atoms with Crippen LogP contribution in [0.1, 0.15) is 26.3 Å². The zero-order valence-corrected chi connectivity index (χ0v) is 8.13. The van der Waals surface area contributed by atoms with Crippen LogP contribution in [0.3, 0.4) is 0 Å². The lowest BCUT2D eigenvalue weighted by atomic mass is 10.1. The van der Waals surface area contributed by atoms with Crippen LogP contribution in [0.4, 0.5) is 0 Å². The van der Waals surface area contributed by atoms with E-state index in [-0.39, 0.29) is 0 Å². The zero-order chi connectivity index (χ0) is 9.42. The predicted molar refractivity (Wildman–Crippen MR) is 48.8 cm³/mol. The van der Waals surface area contributed by atoms with E-state index in [0.717, 1.165) is 5.56 Å². The van der Waals surface area contributed by atoms with Crippen molar-refractivity contribution in [2.45, 2.75) is 5.33 Å². The molecule has 4 heteroatoms. The van der Waals surface area contributed by atoms with Gasteiger partial charge in [0, 0.05) is 5.33 Å². The summed E-state index contributed by atoms with van der Waals surface area (Å²) in [6, 6.07) is 5.06. The zero-order valence-electron chi connectivity index (χ0n) is 6.54. The molecule has 1 aliphatic rings. The third kappa shape index (κ3) is 1.27. The molecule has 0 aromatic heterocycles. The highest BCUT2D eigenvalue weighted by Gasteiger charge is 2.29. The van der Waals surface area contributed by atoms with E-state index in [1.54, 1.807) is 18.2 Å². The normalized spacial score (nSPS) is 14.2. The van der Waals surface area contributed by atoms with E-state index in [0.29, 0.717) is 16.5 Å². The summed E-state index contributed by atoms with van der Waals surface area (Å²) in [6.45, 7) is 0. The minimum absolute atomic E-state index is 0.356. The number of hydrogen-bond donors (Lipinski definition) is 0. The van der Waals surface area contributed by atoms with Crippen molar-refractivity contribution in [3.8, 4) is 0 Å². The Kier molecular flexibility index (Phi) is 1.92. The Labute approximate surface area is 82.8 Å². The molecule has 1 aromatic rings. The van der Waals surface area contributed by atoms with E-state index in [2.05, 4.69) is 20.7 Å². The van der Waals surface area contributed by atoms with Gasteiger partial charge in [-0.05, 0) is 17.7 Å². The highest BCUT2D eigenvalue weighted by atomic mass is 79.9. The molecule has 0 N–H and O–H groups in total. The van der Waals surface area contributed by atoms with Gasteiger partial charge in [-0.25, -0.2) is 9.59 Å². The minimum atomic E-state index is -0.555. The number of fused-ring (bicyclic) bond motifs is 1. The Balaban J connectivity index is 2.58. The maximum absolute atomic E-state index is 11.1. The largest absolute Gasteiger partial charge is 0.386 e. The lowest BCUT2D eigenvalue weighted by molar-refractivity contribution is 0.0444. The summed E-state index contributed by atoms with van der Waals surface area (Å²) >= 11 is 3.26. The van der Waals surface area contributed by atoms with Crippen LogP contribution in [0, 0.1) is 0 Å². The molecule has 0 radical (unpaired) electrons. The van der Waals surface area contributed by atoms with Gasteiger partial charge in [-0.1, -0.05) is 22.0 Å². The standard InChI is InChI=1S/C9H5BrO3/c10-4-5-1-2-6-7(3-5)9(12)13-8(6)11/h1-3H,4H2. The molecule has 1 aliphatic heterocycles. The van der Waals surface area contributed by atoms with Crippen molar-refractivity contribution >= 4 is 27.9 Å². The topological polar surface area (TPSA) is 43.4 Å². The molecule has 0 saturated heterocycles. The summed E-state index contributed by atoms with van der Waals surface area (Å²) in [5, 5.41) is 0.655. The van der Waals surface area contributed by atoms with Crippen molar-refractivity contribution in [1.29, 1.82) is 0 Å². The quantitative estimate of drug-likeness (QED) is 0.428. The average molecular weight is 241 g/mol. The van der Waals surface area contributed by atoms with Crippen LogP contribution in [-0.4, -0.2) is 11.9 Å². The number of carbonyl (C=O) groups is 2. The van der Waals surface area contributed by atoms with Gasteiger partial charge < -0.3 is 4.74 Å². The molecule has 1 aromatic carbocycles. The average Bonchev–Trinajstić information content (AvgIpc) is 2.42. The van der Waals surface area contributed by atoms with Crippen molar-refractivity contribution in [3.05, 3.63) is 34.9 Å². The van der Waals surface area contributed by atoms with Crippen LogP contribution < -0.4 is 0 Å². The Morgan fingerprint density at radius 2 is 1.85 bits per heavy atom. The number of rotatable bonds is 1. The first-order chi connectivity index (χ1) is 6.22. The summed E-state index contributed by atoms with van der Waals surface area (Å²) in [7, 11) is 0. The van der Waals surface area contributed by atoms with Crippen LogP contribution in [-0.2, 0) is 10.1 Å². The number of esters is 2. The molecular weight excluding hydrogens is 236 g/mol. The second-order valence-corrected chi connectivity index (χ2v) is 3.25. The maximum Gasteiger partial charge on any atom is 0.346 e. The van der Waals surface area contributed by atoms with Gasteiger partial charge in [0.2, 0.25) is 0 Å². The van der Waals surface area contributed by atoms with E-state index in [1.165, 1.54) is 0 Å². The number of halogens is 1. The summed E-state index contributed by atoms with van der Waals surface area (Å²) < 4.78 is 4.44. The Morgan fingerprint density at radius 1 is 1.15 bits per heavy atom. The van der Waals surface area contributed by atoms with Crippen LogP contribution in [0.15, 0.2) is 18.2 Å². The molecular formula is C9H5BrO3. The monoisotopic (exact) mass is 240 g/mol. The Morgan fingerprint density at radius 3 is 2.54 bits per heavy atom.